The van der Waals surface area contributed by atoms with Gasteiger partial charge in [-0.15, -0.1) is 0 Å². The van der Waals surface area contributed by atoms with Crippen LogP contribution in [0.3, 0.4) is 0 Å². The molecular formula is C22H29N3O7. The highest BCUT2D eigenvalue weighted by molar-refractivity contribution is 5.99. The Balaban J connectivity index is 2.06. The van der Waals surface area contributed by atoms with E-state index in [9.17, 15) is 24.0 Å². The molecule has 2 rings (SSSR count). The van der Waals surface area contributed by atoms with Crippen molar-refractivity contribution in [3.63, 3.8) is 0 Å². The number of carbonyl (C=O) groups excluding carboxylic acids is 4. The van der Waals surface area contributed by atoms with Gasteiger partial charge in [-0.25, -0.2) is 0 Å². The van der Waals surface area contributed by atoms with Crippen LogP contribution in [-0.4, -0.2) is 71.8 Å². The Bertz CT molecular complexity index is 892. The van der Waals surface area contributed by atoms with E-state index in [0.717, 1.165) is 11.1 Å². The minimum atomic E-state index is -1.22. The molecule has 0 aliphatic carbocycles. The molecule has 3 unspecified atom stereocenters. The third-order valence-corrected chi connectivity index (χ3v) is 5.37. The zero-order chi connectivity index (χ0) is 24.0. The first-order valence-electron chi connectivity index (χ1n) is 10.3. The number of nitrogens with one attached hydrogen (secondary N) is 2. The quantitative estimate of drug-likeness (QED) is 0.470. The van der Waals surface area contributed by atoms with E-state index in [4.69, 9.17) is 9.84 Å². The molecule has 1 aliphatic heterocycles. The van der Waals surface area contributed by atoms with E-state index < -0.39 is 48.2 Å². The van der Waals surface area contributed by atoms with Crippen molar-refractivity contribution in [2.45, 2.75) is 58.2 Å². The van der Waals surface area contributed by atoms with Crippen molar-refractivity contribution in [1.29, 1.82) is 0 Å². The number of amides is 3. The summed E-state index contributed by atoms with van der Waals surface area (Å²) in [5.41, 5.74) is 1.97. The molecule has 10 nitrogen and oxygen atoms in total. The van der Waals surface area contributed by atoms with Crippen molar-refractivity contribution in [2.75, 3.05) is 13.7 Å². The monoisotopic (exact) mass is 447 g/mol. The molecule has 3 amide bonds. The van der Waals surface area contributed by atoms with Crippen molar-refractivity contribution in [2.24, 2.45) is 0 Å². The molecule has 1 heterocycles. The van der Waals surface area contributed by atoms with E-state index >= 15 is 0 Å². The molecule has 1 aromatic carbocycles. The predicted molar refractivity (Wildman–Crippen MR) is 114 cm³/mol. The maximum Gasteiger partial charge on any atom is 0.305 e. The van der Waals surface area contributed by atoms with Crippen LogP contribution in [0.4, 0.5) is 0 Å². The van der Waals surface area contributed by atoms with Crippen LogP contribution in [0.5, 0.6) is 5.75 Å². The van der Waals surface area contributed by atoms with Crippen molar-refractivity contribution in [3.05, 3.63) is 28.8 Å². The van der Waals surface area contributed by atoms with Gasteiger partial charge in [0.05, 0.1) is 19.6 Å². The molecule has 0 radical (unpaired) electrons. The van der Waals surface area contributed by atoms with E-state index in [-0.39, 0.29) is 0 Å². The first kappa shape index (κ1) is 24.8. The fourth-order valence-electron chi connectivity index (χ4n) is 3.90. The van der Waals surface area contributed by atoms with Crippen molar-refractivity contribution >= 4 is 30.0 Å². The average molecular weight is 447 g/mol. The number of hydrogen-bond acceptors (Lipinski definition) is 6. The number of carbonyl (C=O) groups is 5. The molecule has 0 spiro atoms. The van der Waals surface area contributed by atoms with Gasteiger partial charge in [0, 0.05) is 12.1 Å². The van der Waals surface area contributed by atoms with E-state index in [2.05, 4.69) is 10.6 Å². The summed E-state index contributed by atoms with van der Waals surface area (Å²) in [5.74, 6) is -1.98. The summed E-state index contributed by atoms with van der Waals surface area (Å²) < 4.78 is 5.30. The Kier molecular flexibility index (Phi) is 8.34. The second kappa shape index (κ2) is 10.7. The first-order valence-corrected chi connectivity index (χ1v) is 10.3. The Morgan fingerprint density at radius 2 is 1.84 bits per heavy atom. The number of methoxy groups -OCH3 is 1. The normalized spacial score (nSPS) is 17.2. The standard InChI is InChI=1S/C22H29N3O7/c1-12-8-15(9-13(2)19(12)32-4)20(29)23-14(3)22(31)25-7-5-6-17(25)21(30)24-16(11-26)10-18(27)28/h8-9,11,14,16-17H,5-7,10H2,1-4H3,(H,23,29)(H,24,30)(H,27,28). The van der Waals surface area contributed by atoms with E-state index in [0.29, 0.717) is 37.0 Å². The lowest BCUT2D eigenvalue weighted by Crippen LogP contribution is -2.54. The SMILES string of the molecule is COc1c(C)cc(C(=O)NC(C)C(=O)N2CCCC2C(=O)NC(C=O)CC(=O)O)cc1C. The number of benzene rings is 1. The molecule has 1 saturated heterocycles. The number of likely N-dealkylation sites (tertiary alicyclic amines) is 1. The summed E-state index contributed by atoms with van der Waals surface area (Å²) in [6.45, 7) is 5.50. The lowest BCUT2D eigenvalue weighted by molar-refractivity contribution is -0.141. The first-order chi connectivity index (χ1) is 15.1. The van der Waals surface area contributed by atoms with Crippen LogP contribution >= 0.6 is 0 Å². The maximum absolute atomic E-state index is 12.9. The third kappa shape index (κ3) is 5.83. The summed E-state index contributed by atoms with van der Waals surface area (Å²) in [4.78, 5) is 61.4. The molecule has 0 bridgehead atoms. The number of hydrogen-bond donors (Lipinski definition) is 3. The van der Waals surface area contributed by atoms with Crippen molar-refractivity contribution in [3.8, 4) is 5.75 Å². The second-order valence-electron chi connectivity index (χ2n) is 7.88. The summed E-state index contributed by atoms with van der Waals surface area (Å²) >= 11 is 0. The Hall–Kier alpha value is -3.43. The van der Waals surface area contributed by atoms with E-state index in [1.165, 1.54) is 11.8 Å². The van der Waals surface area contributed by atoms with Gasteiger partial charge < -0.3 is 30.2 Å². The fraction of sp³-hybridized carbons (Fsp3) is 0.500. The van der Waals surface area contributed by atoms with Gasteiger partial charge >= 0.3 is 5.97 Å². The predicted octanol–water partition coefficient (Wildman–Crippen LogP) is 0.580. The molecule has 1 aromatic rings. The number of carboxylic acids is 1. The van der Waals surface area contributed by atoms with Crippen LogP contribution < -0.4 is 15.4 Å². The molecular weight excluding hydrogens is 418 g/mol. The lowest BCUT2D eigenvalue weighted by atomic mass is 10.0. The van der Waals surface area contributed by atoms with Crippen LogP contribution in [0.15, 0.2) is 12.1 Å². The summed E-state index contributed by atoms with van der Waals surface area (Å²) in [7, 11) is 1.55. The van der Waals surface area contributed by atoms with Gasteiger partial charge in [0.1, 0.15) is 24.1 Å². The number of carboxylic acid groups (broad SMARTS) is 1. The summed E-state index contributed by atoms with van der Waals surface area (Å²) in [6, 6.07) is 0.457. The van der Waals surface area contributed by atoms with Crippen LogP contribution in [0.1, 0.15) is 47.7 Å². The Morgan fingerprint density at radius 1 is 1.22 bits per heavy atom. The molecule has 0 aromatic heterocycles. The summed E-state index contributed by atoms with van der Waals surface area (Å²) in [6.07, 6.45) is 0.775. The third-order valence-electron chi connectivity index (χ3n) is 5.37. The topological polar surface area (TPSA) is 142 Å². The molecule has 3 atom stereocenters. The molecule has 3 N–H and O–H groups in total. The Labute approximate surface area is 186 Å². The van der Waals surface area contributed by atoms with E-state index in [1.54, 1.807) is 19.2 Å². The van der Waals surface area contributed by atoms with Crippen LogP contribution in [0.25, 0.3) is 0 Å². The number of aliphatic carboxylic acids is 1. The molecule has 1 aliphatic rings. The van der Waals surface area contributed by atoms with Gasteiger partial charge in [-0.3, -0.25) is 19.2 Å². The van der Waals surface area contributed by atoms with Crippen LogP contribution in [0, 0.1) is 13.8 Å². The molecule has 32 heavy (non-hydrogen) atoms. The van der Waals surface area contributed by atoms with E-state index in [1.807, 2.05) is 13.8 Å². The number of nitrogens with zero attached hydrogens (tertiary/aromatic N) is 1. The number of aryl methyl sites for hydroxylation is 2. The highest BCUT2D eigenvalue weighted by Gasteiger charge is 2.37. The summed E-state index contributed by atoms with van der Waals surface area (Å²) in [5, 5.41) is 13.9. The molecule has 10 heteroatoms. The van der Waals surface area contributed by atoms with Gasteiger partial charge in [-0.1, -0.05) is 0 Å². The fourth-order valence-corrected chi connectivity index (χ4v) is 3.90. The van der Waals surface area contributed by atoms with Crippen LogP contribution in [-0.2, 0) is 19.2 Å². The molecule has 0 saturated carbocycles. The average Bonchev–Trinajstić information content (AvgIpc) is 3.21. The van der Waals surface area contributed by atoms with Gasteiger partial charge in [0.25, 0.3) is 5.91 Å². The zero-order valence-corrected chi connectivity index (χ0v) is 18.6. The minimum absolute atomic E-state index is 0.322. The number of aldehydes is 1. The Morgan fingerprint density at radius 3 is 2.38 bits per heavy atom. The van der Waals surface area contributed by atoms with Gasteiger partial charge in [-0.05, 0) is 56.9 Å². The zero-order valence-electron chi connectivity index (χ0n) is 18.6. The lowest BCUT2D eigenvalue weighted by Gasteiger charge is -2.28. The van der Waals surface area contributed by atoms with Crippen molar-refractivity contribution < 1.29 is 33.8 Å². The highest BCUT2D eigenvalue weighted by Crippen LogP contribution is 2.24. The highest BCUT2D eigenvalue weighted by atomic mass is 16.5. The van der Waals surface area contributed by atoms with Gasteiger partial charge in [0.2, 0.25) is 11.8 Å². The minimum Gasteiger partial charge on any atom is -0.496 e. The van der Waals surface area contributed by atoms with Crippen molar-refractivity contribution in [1.82, 2.24) is 15.5 Å². The molecule has 174 valence electrons. The van der Waals surface area contributed by atoms with Crippen LogP contribution in [0.2, 0.25) is 0 Å². The molecule has 1 fully saturated rings. The number of ether oxygens (including phenoxy) is 1. The largest absolute Gasteiger partial charge is 0.496 e. The number of rotatable bonds is 9. The van der Waals surface area contributed by atoms with Gasteiger partial charge in [0.15, 0.2) is 0 Å². The smallest absolute Gasteiger partial charge is 0.305 e. The second-order valence-corrected chi connectivity index (χ2v) is 7.88. The maximum atomic E-state index is 12.9. The van der Waals surface area contributed by atoms with Gasteiger partial charge in [-0.2, -0.15) is 0 Å².